The zero-order valence-corrected chi connectivity index (χ0v) is 11.9. The topological polar surface area (TPSA) is 75.3 Å². The minimum atomic E-state index is -1.15. The quantitative estimate of drug-likeness (QED) is 0.474. The SMILES string of the molecule is CCCCCCCCNc1cc(C(=O)O)c(N)cc1F. The summed E-state index contributed by atoms with van der Waals surface area (Å²) in [6, 6.07) is 2.30. The molecule has 0 aliphatic carbocycles. The number of nitrogens with two attached hydrogens (primary N) is 1. The predicted octanol–water partition coefficient (Wildman–Crippen LogP) is 3.88. The lowest BCUT2D eigenvalue weighted by Crippen LogP contribution is -2.08. The van der Waals surface area contributed by atoms with Crippen molar-refractivity contribution in [1.29, 1.82) is 0 Å². The summed E-state index contributed by atoms with van der Waals surface area (Å²) in [5.41, 5.74) is 5.54. The molecule has 1 aromatic carbocycles. The number of rotatable bonds is 9. The average molecular weight is 282 g/mol. The Hall–Kier alpha value is -1.78. The number of unbranched alkanes of at least 4 members (excludes halogenated alkanes) is 5. The standard InChI is InChI=1S/C15H23FN2O2/c1-2-3-4-5-6-7-8-18-14-9-11(15(19)20)13(17)10-12(14)16/h9-10,18H,2-8,17H2,1H3,(H,19,20). The van der Waals surface area contributed by atoms with Gasteiger partial charge in [-0.1, -0.05) is 39.0 Å². The highest BCUT2D eigenvalue weighted by atomic mass is 19.1. The second-order valence-electron chi connectivity index (χ2n) is 4.92. The Morgan fingerprint density at radius 2 is 1.90 bits per heavy atom. The van der Waals surface area contributed by atoms with Crippen LogP contribution in [0.2, 0.25) is 0 Å². The van der Waals surface area contributed by atoms with Gasteiger partial charge in [-0.3, -0.25) is 0 Å². The zero-order valence-electron chi connectivity index (χ0n) is 11.9. The maximum atomic E-state index is 13.6. The maximum Gasteiger partial charge on any atom is 0.337 e. The molecule has 0 radical (unpaired) electrons. The monoisotopic (exact) mass is 282 g/mol. The Bertz CT molecular complexity index is 450. The molecule has 20 heavy (non-hydrogen) atoms. The van der Waals surface area contributed by atoms with Crippen LogP contribution in [-0.2, 0) is 0 Å². The van der Waals surface area contributed by atoms with Gasteiger partial charge in [-0.25, -0.2) is 9.18 Å². The van der Waals surface area contributed by atoms with Gasteiger partial charge in [0, 0.05) is 12.2 Å². The number of aromatic carboxylic acids is 1. The van der Waals surface area contributed by atoms with Gasteiger partial charge in [0.25, 0.3) is 0 Å². The number of anilines is 2. The lowest BCUT2D eigenvalue weighted by atomic mass is 10.1. The van der Waals surface area contributed by atoms with Gasteiger partial charge in [0.1, 0.15) is 5.82 Å². The van der Waals surface area contributed by atoms with Crippen molar-refractivity contribution in [3.8, 4) is 0 Å². The van der Waals surface area contributed by atoms with Gasteiger partial charge in [0.15, 0.2) is 0 Å². The highest BCUT2D eigenvalue weighted by Gasteiger charge is 2.12. The van der Waals surface area contributed by atoms with Crippen molar-refractivity contribution in [1.82, 2.24) is 0 Å². The van der Waals surface area contributed by atoms with Gasteiger partial charge in [-0.15, -0.1) is 0 Å². The molecule has 1 rings (SSSR count). The third-order valence-corrected chi connectivity index (χ3v) is 3.22. The highest BCUT2D eigenvalue weighted by molar-refractivity contribution is 5.94. The highest BCUT2D eigenvalue weighted by Crippen LogP contribution is 2.22. The van der Waals surface area contributed by atoms with Crippen LogP contribution in [0.5, 0.6) is 0 Å². The van der Waals surface area contributed by atoms with Gasteiger partial charge in [-0.05, 0) is 18.6 Å². The van der Waals surface area contributed by atoms with Gasteiger partial charge in [0.05, 0.1) is 11.3 Å². The summed E-state index contributed by atoms with van der Waals surface area (Å²) in [4.78, 5) is 10.9. The van der Waals surface area contributed by atoms with E-state index in [0.717, 1.165) is 18.9 Å². The van der Waals surface area contributed by atoms with E-state index in [1.54, 1.807) is 0 Å². The predicted molar refractivity (Wildman–Crippen MR) is 79.6 cm³/mol. The molecule has 112 valence electrons. The van der Waals surface area contributed by atoms with Crippen molar-refractivity contribution in [2.75, 3.05) is 17.6 Å². The van der Waals surface area contributed by atoms with Crippen molar-refractivity contribution in [3.63, 3.8) is 0 Å². The van der Waals surface area contributed by atoms with E-state index in [2.05, 4.69) is 12.2 Å². The van der Waals surface area contributed by atoms with Crippen LogP contribution in [0, 0.1) is 5.82 Å². The smallest absolute Gasteiger partial charge is 0.337 e. The summed E-state index contributed by atoms with van der Waals surface area (Å²) in [7, 11) is 0. The first-order chi connectivity index (χ1) is 9.56. The Kier molecular flexibility index (Phi) is 6.84. The summed E-state index contributed by atoms with van der Waals surface area (Å²) >= 11 is 0. The van der Waals surface area contributed by atoms with E-state index in [9.17, 15) is 9.18 Å². The normalized spacial score (nSPS) is 10.5. The molecule has 0 aromatic heterocycles. The molecule has 0 unspecified atom stereocenters. The first-order valence-electron chi connectivity index (χ1n) is 7.12. The van der Waals surface area contributed by atoms with Crippen LogP contribution in [0.4, 0.5) is 15.8 Å². The Morgan fingerprint density at radius 1 is 1.25 bits per heavy atom. The molecule has 0 saturated heterocycles. The number of benzene rings is 1. The average Bonchev–Trinajstić information content (AvgIpc) is 2.39. The van der Waals surface area contributed by atoms with Crippen LogP contribution in [0.1, 0.15) is 55.8 Å². The number of carboxylic acids is 1. The molecule has 0 fully saturated rings. The third-order valence-electron chi connectivity index (χ3n) is 3.22. The lowest BCUT2D eigenvalue weighted by molar-refractivity contribution is 0.0698. The number of hydrogen-bond acceptors (Lipinski definition) is 3. The second-order valence-corrected chi connectivity index (χ2v) is 4.92. The van der Waals surface area contributed by atoms with E-state index >= 15 is 0 Å². The van der Waals surface area contributed by atoms with E-state index in [1.165, 1.54) is 31.7 Å². The van der Waals surface area contributed by atoms with Crippen LogP contribution < -0.4 is 11.1 Å². The molecule has 0 amide bonds. The van der Waals surface area contributed by atoms with Crippen LogP contribution in [0.3, 0.4) is 0 Å². The number of carbonyl (C=O) groups is 1. The second kappa shape index (κ2) is 8.40. The van der Waals surface area contributed by atoms with E-state index in [4.69, 9.17) is 10.8 Å². The van der Waals surface area contributed by atoms with Crippen molar-refractivity contribution < 1.29 is 14.3 Å². The maximum absolute atomic E-state index is 13.6. The molecule has 5 heteroatoms. The summed E-state index contributed by atoms with van der Waals surface area (Å²) in [5, 5.41) is 11.9. The van der Waals surface area contributed by atoms with Gasteiger partial charge >= 0.3 is 5.97 Å². The van der Waals surface area contributed by atoms with E-state index in [1.807, 2.05) is 0 Å². The molecule has 1 aromatic rings. The van der Waals surface area contributed by atoms with Crippen molar-refractivity contribution in [2.24, 2.45) is 0 Å². The fraction of sp³-hybridized carbons (Fsp3) is 0.533. The van der Waals surface area contributed by atoms with Crippen molar-refractivity contribution in [3.05, 3.63) is 23.5 Å². The fourth-order valence-electron chi connectivity index (χ4n) is 2.04. The van der Waals surface area contributed by atoms with Gasteiger partial charge in [-0.2, -0.15) is 0 Å². The van der Waals surface area contributed by atoms with Crippen molar-refractivity contribution >= 4 is 17.3 Å². The van der Waals surface area contributed by atoms with Crippen LogP contribution in [-0.4, -0.2) is 17.6 Å². The van der Waals surface area contributed by atoms with Gasteiger partial charge < -0.3 is 16.2 Å². The molecule has 0 aliphatic rings. The van der Waals surface area contributed by atoms with Crippen LogP contribution in [0.25, 0.3) is 0 Å². The first kappa shape index (κ1) is 16.3. The molecule has 0 heterocycles. The fourth-order valence-corrected chi connectivity index (χ4v) is 2.04. The largest absolute Gasteiger partial charge is 0.478 e. The molecule has 0 bridgehead atoms. The van der Waals surface area contributed by atoms with E-state index in [-0.39, 0.29) is 16.9 Å². The number of hydrogen-bond donors (Lipinski definition) is 3. The summed E-state index contributed by atoms with van der Waals surface area (Å²) < 4.78 is 13.6. The van der Waals surface area contributed by atoms with Crippen LogP contribution >= 0.6 is 0 Å². The van der Waals surface area contributed by atoms with E-state index in [0.29, 0.717) is 6.54 Å². The van der Waals surface area contributed by atoms with Gasteiger partial charge in [0.2, 0.25) is 0 Å². The lowest BCUT2D eigenvalue weighted by Gasteiger charge is -2.10. The number of nitrogen functional groups attached to an aromatic ring is 1. The number of halogens is 1. The minimum Gasteiger partial charge on any atom is -0.478 e. The van der Waals surface area contributed by atoms with Crippen molar-refractivity contribution in [2.45, 2.75) is 45.4 Å². The summed E-state index contributed by atoms with van der Waals surface area (Å²) in [6.07, 6.45) is 6.91. The number of carboxylic acid groups (broad SMARTS) is 1. The molecule has 4 nitrogen and oxygen atoms in total. The minimum absolute atomic E-state index is 0.0554. The Morgan fingerprint density at radius 3 is 2.55 bits per heavy atom. The zero-order chi connectivity index (χ0) is 15.0. The molecular weight excluding hydrogens is 259 g/mol. The third kappa shape index (κ3) is 5.07. The van der Waals surface area contributed by atoms with Crippen LogP contribution in [0.15, 0.2) is 12.1 Å². The molecular formula is C15H23FN2O2. The molecule has 0 aliphatic heterocycles. The summed E-state index contributed by atoms with van der Waals surface area (Å²) in [6.45, 7) is 2.80. The Balaban J connectivity index is 2.44. The molecule has 4 N–H and O–H groups in total. The number of nitrogens with one attached hydrogen (secondary N) is 1. The summed E-state index contributed by atoms with van der Waals surface area (Å²) in [5.74, 6) is -1.66. The molecule has 0 atom stereocenters. The Labute approximate surface area is 119 Å². The first-order valence-corrected chi connectivity index (χ1v) is 7.12. The molecule has 0 spiro atoms. The van der Waals surface area contributed by atoms with E-state index < -0.39 is 11.8 Å². The molecule has 0 saturated carbocycles.